The lowest BCUT2D eigenvalue weighted by atomic mass is 10.2. The van der Waals surface area contributed by atoms with E-state index < -0.39 is 0 Å². The first kappa shape index (κ1) is 15.0. The molecular weight excluding hydrogens is 292 g/mol. The van der Waals surface area contributed by atoms with Gasteiger partial charge in [0.25, 0.3) is 0 Å². The lowest BCUT2D eigenvalue weighted by molar-refractivity contribution is 0.340. The van der Waals surface area contributed by atoms with Crippen molar-refractivity contribution in [3.63, 3.8) is 0 Å². The number of nitrogens with zero attached hydrogens (tertiary/aromatic N) is 1. The molecular formula is C15H15ClN2O3. The highest BCUT2D eigenvalue weighted by Crippen LogP contribution is 2.36. The number of hydrogen-bond donors (Lipinski definition) is 2. The Morgan fingerprint density at radius 3 is 2.38 bits per heavy atom. The van der Waals surface area contributed by atoms with Gasteiger partial charge in [-0.25, -0.2) is 0 Å². The van der Waals surface area contributed by atoms with Crippen LogP contribution in [0.5, 0.6) is 17.2 Å². The zero-order valence-corrected chi connectivity index (χ0v) is 12.4. The first-order valence-corrected chi connectivity index (χ1v) is 6.51. The second-order valence-electron chi connectivity index (χ2n) is 4.15. The summed E-state index contributed by atoms with van der Waals surface area (Å²) in [5.41, 5.74) is 4.36. The third kappa shape index (κ3) is 3.79. The molecule has 0 amide bonds. The van der Waals surface area contributed by atoms with Gasteiger partial charge in [-0.2, -0.15) is 5.10 Å². The molecule has 2 aromatic rings. The van der Waals surface area contributed by atoms with E-state index in [1.807, 2.05) is 12.1 Å². The summed E-state index contributed by atoms with van der Waals surface area (Å²) >= 11 is 5.88. The number of methoxy groups -OCH3 is 2. The smallest absolute Gasteiger partial charge is 0.200 e. The predicted molar refractivity (Wildman–Crippen MR) is 83.9 cm³/mol. The van der Waals surface area contributed by atoms with Gasteiger partial charge in [-0.1, -0.05) is 17.7 Å². The highest BCUT2D eigenvalue weighted by Gasteiger charge is 2.10. The van der Waals surface area contributed by atoms with Crippen LogP contribution in [0.4, 0.5) is 5.69 Å². The Morgan fingerprint density at radius 1 is 1.14 bits per heavy atom. The van der Waals surface area contributed by atoms with Gasteiger partial charge in [0.15, 0.2) is 11.5 Å². The van der Waals surface area contributed by atoms with Crippen LogP contribution < -0.4 is 14.9 Å². The molecule has 2 N–H and O–H groups in total. The van der Waals surface area contributed by atoms with Crippen molar-refractivity contribution in [1.82, 2.24) is 0 Å². The van der Waals surface area contributed by atoms with E-state index in [1.165, 1.54) is 14.2 Å². The van der Waals surface area contributed by atoms with E-state index in [0.29, 0.717) is 16.5 Å². The maximum Gasteiger partial charge on any atom is 0.200 e. The maximum absolute atomic E-state index is 9.82. The number of phenolic OH excluding ortho intramolecular Hbond substituents is 1. The maximum atomic E-state index is 9.82. The van der Waals surface area contributed by atoms with Gasteiger partial charge < -0.3 is 14.6 Å². The summed E-state index contributed by atoms with van der Waals surface area (Å²) < 4.78 is 10.2. The summed E-state index contributed by atoms with van der Waals surface area (Å²) in [4.78, 5) is 0. The third-order valence-corrected chi connectivity index (χ3v) is 2.97. The molecule has 110 valence electrons. The first-order valence-electron chi connectivity index (χ1n) is 6.13. The summed E-state index contributed by atoms with van der Waals surface area (Å²) in [5.74, 6) is 0.595. The number of hydrogen-bond acceptors (Lipinski definition) is 5. The van der Waals surface area contributed by atoms with Gasteiger partial charge in [-0.05, 0) is 30.3 Å². The number of benzene rings is 2. The van der Waals surface area contributed by atoms with Gasteiger partial charge >= 0.3 is 0 Å². The van der Waals surface area contributed by atoms with Crippen LogP contribution in [0.1, 0.15) is 5.56 Å². The van der Waals surface area contributed by atoms with Crippen molar-refractivity contribution < 1.29 is 14.6 Å². The third-order valence-electron chi connectivity index (χ3n) is 2.73. The normalized spacial score (nSPS) is 10.6. The van der Waals surface area contributed by atoms with Gasteiger partial charge in [-0.3, -0.25) is 5.43 Å². The van der Waals surface area contributed by atoms with Crippen LogP contribution in [0.25, 0.3) is 0 Å². The molecule has 0 spiro atoms. The van der Waals surface area contributed by atoms with Crippen LogP contribution in [0.3, 0.4) is 0 Å². The fourth-order valence-electron chi connectivity index (χ4n) is 1.73. The van der Waals surface area contributed by atoms with E-state index >= 15 is 0 Å². The number of hydrazone groups is 1. The van der Waals surface area contributed by atoms with Crippen LogP contribution >= 0.6 is 11.6 Å². The van der Waals surface area contributed by atoms with E-state index in [9.17, 15) is 5.11 Å². The largest absolute Gasteiger partial charge is 0.502 e. The van der Waals surface area contributed by atoms with Gasteiger partial charge in [0.2, 0.25) is 5.75 Å². The highest BCUT2D eigenvalue weighted by atomic mass is 35.5. The monoisotopic (exact) mass is 306 g/mol. The molecule has 0 heterocycles. The van der Waals surface area contributed by atoms with Crippen LogP contribution in [-0.4, -0.2) is 25.5 Å². The Balaban J connectivity index is 2.17. The Kier molecular flexibility index (Phi) is 4.90. The topological polar surface area (TPSA) is 63.1 Å². The summed E-state index contributed by atoms with van der Waals surface area (Å²) in [5, 5.41) is 14.6. The van der Waals surface area contributed by atoms with E-state index in [-0.39, 0.29) is 5.75 Å². The molecule has 0 saturated carbocycles. The van der Waals surface area contributed by atoms with Crippen molar-refractivity contribution in [2.75, 3.05) is 19.6 Å². The molecule has 0 bridgehead atoms. The molecule has 0 saturated heterocycles. The van der Waals surface area contributed by atoms with E-state index in [2.05, 4.69) is 10.5 Å². The minimum absolute atomic E-state index is 0.0417. The van der Waals surface area contributed by atoms with Crippen LogP contribution in [0.15, 0.2) is 41.5 Å². The Labute approximate surface area is 127 Å². The van der Waals surface area contributed by atoms with Crippen molar-refractivity contribution in [3.8, 4) is 17.2 Å². The average Bonchev–Trinajstić information content (AvgIpc) is 2.48. The van der Waals surface area contributed by atoms with Crippen molar-refractivity contribution in [2.45, 2.75) is 0 Å². The fourth-order valence-corrected chi connectivity index (χ4v) is 1.92. The SMILES string of the molecule is COc1cc(/C=N/Nc2cccc(Cl)c2)cc(OC)c1O. The highest BCUT2D eigenvalue weighted by molar-refractivity contribution is 6.30. The minimum Gasteiger partial charge on any atom is -0.502 e. The number of phenols is 1. The minimum atomic E-state index is -0.0417. The Hall–Kier alpha value is -2.40. The molecule has 0 aliphatic carbocycles. The van der Waals surface area contributed by atoms with Crippen molar-refractivity contribution in [2.24, 2.45) is 5.10 Å². The van der Waals surface area contributed by atoms with Gasteiger partial charge in [0, 0.05) is 10.6 Å². The molecule has 2 aromatic carbocycles. The number of anilines is 1. The van der Waals surface area contributed by atoms with E-state index in [4.69, 9.17) is 21.1 Å². The molecule has 0 fully saturated rings. The van der Waals surface area contributed by atoms with Crippen LogP contribution in [-0.2, 0) is 0 Å². The molecule has 0 radical (unpaired) electrons. The number of halogens is 1. The second kappa shape index (κ2) is 6.85. The summed E-state index contributed by atoms with van der Waals surface area (Å²) in [6.07, 6.45) is 1.59. The first-order chi connectivity index (χ1) is 10.1. The zero-order chi connectivity index (χ0) is 15.2. The second-order valence-corrected chi connectivity index (χ2v) is 4.59. The number of nitrogens with one attached hydrogen (secondary N) is 1. The Morgan fingerprint density at radius 2 is 1.81 bits per heavy atom. The molecule has 0 aliphatic rings. The van der Waals surface area contributed by atoms with Crippen molar-refractivity contribution in [1.29, 1.82) is 0 Å². The molecule has 0 aliphatic heterocycles. The number of ether oxygens (including phenoxy) is 2. The molecule has 21 heavy (non-hydrogen) atoms. The average molecular weight is 307 g/mol. The summed E-state index contributed by atoms with van der Waals surface area (Å²) in [6, 6.07) is 10.5. The number of aromatic hydroxyl groups is 1. The molecule has 0 atom stereocenters. The van der Waals surface area contributed by atoms with Gasteiger partial charge in [-0.15, -0.1) is 0 Å². The van der Waals surface area contributed by atoms with Gasteiger partial charge in [0.1, 0.15) is 0 Å². The molecule has 6 heteroatoms. The zero-order valence-electron chi connectivity index (χ0n) is 11.6. The number of rotatable bonds is 5. The lowest BCUT2D eigenvalue weighted by Gasteiger charge is -2.09. The van der Waals surface area contributed by atoms with Gasteiger partial charge in [0.05, 0.1) is 26.1 Å². The summed E-state index contributed by atoms with van der Waals surface area (Å²) in [7, 11) is 2.94. The fraction of sp³-hybridized carbons (Fsp3) is 0.133. The van der Waals surface area contributed by atoms with Crippen LogP contribution in [0, 0.1) is 0 Å². The standard InChI is InChI=1S/C15H15ClN2O3/c1-20-13-6-10(7-14(21-2)15(13)19)9-17-18-12-5-3-4-11(16)8-12/h3-9,18-19H,1-2H3/b17-9+. The lowest BCUT2D eigenvalue weighted by Crippen LogP contribution is -1.94. The molecule has 0 aromatic heterocycles. The Bertz CT molecular complexity index is 634. The van der Waals surface area contributed by atoms with Crippen molar-refractivity contribution >= 4 is 23.5 Å². The predicted octanol–water partition coefficient (Wildman–Crippen LogP) is 3.51. The molecule has 0 unspecified atom stereocenters. The quantitative estimate of drug-likeness (QED) is 0.655. The van der Waals surface area contributed by atoms with E-state index in [1.54, 1.807) is 30.5 Å². The molecule has 2 rings (SSSR count). The summed E-state index contributed by atoms with van der Waals surface area (Å²) in [6.45, 7) is 0. The molecule has 5 nitrogen and oxygen atoms in total. The van der Waals surface area contributed by atoms with E-state index in [0.717, 1.165) is 11.3 Å². The van der Waals surface area contributed by atoms with Crippen molar-refractivity contribution in [3.05, 3.63) is 47.0 Å². The van der Waals surface area contributed by atoms with Crippen LogP contribution in [0.2, 0.25) is 5.02 Å².